The number of hydrogen-bond donors (Lipinski definition) is 1. The second-order valence-electron chi connectivity index (χ2n) is 7.06. The molecule has 1 amide bonds. The minimum atomic E-state index is -0.145. The van der Waals surface area contributed by atoms with E-state index >= 15 is 0 Å². The van der Waals surface area contributed by atoms with Crippen LogP contribution in [0.5, 0.6) is 5.75 Å². The van der Waals surface area contributed by atoms with Gasteiger partial charge in [-0.05, 0) is 75.7 Å². The SMILES string of the molecule is Cc1ccc([C@@H](CNC(=O)COc2ccc(Cl)c(C)c2)N2CCCCC2)o1. The number of nitrogens with one attached hydrogen (secondary N) is 1. The molecule has 2 heterocycles. The van der Waals surface area contributed by atoms with E-state index < -0.39 is 0 Å². The van der Waals surface area contributed by atoms with Crippen LogP contribution in [0.1, 0.15) is 42.4 Å². The Balaban J connectivity index is 1.55. The lowest BCUT2D eigenvalue weighted by Crippen LogP contribution is -2.41. The lowest BCUT2D eigenvalue weighted by Gasteiger charge is -2.33. The molecule has 0 bridgehead atoms. The van der Waals surface area contributed by atoms with Crippen LogP contribution >= 0.6 is 11.6 Å². The van der Waals surface area contributed by atoms with Crippen LogP contribution in [0.15, 0.2) is 34.7 Å². The summed E-state index contributed by atoms with van der Waals surface area (Å²) < 4.78 is 11.4. The van der Waals surface area contributed by atoms with Crippen LogP contribution in [0.25, 0.3) is 0 Å². The number of piperidine rings is 1. The maximum Gasteiger partial charge on any atom is 0.258 e. The summed E-state index contributed by atoms with van der Waals surface area (Å²) in [4.78, 5) is 14.7. The average Bonchev–Trinajstić information content (AvgIpc) is 3.10. The van der Waals surface area contributed by atoms with Gasteiger partial charge >= 0.3 is 0 Å². The van der Waals surface area contributed by atoms with Crippen molar-refractivity contribution < 1.29 is 13.9 Å². The van der Waals surface area contributed by atoms with Gasteiger partial charge in [0.05, 0.1) is 6.04 Å². The third-order valence-electron chi connectivity index (χ3n) is 4.91. The van der Waals surface area contributed by atoms with Gasteiger partial charge < -0.3 is 14.5 Å². The van der Waals surface area contributed by atoms with E-state index in [0.717, 1.165) is 30.2 Å². The predicted molar refractivity (Wildman–Crippen MR) is 106 cm³/mol. The Bertz CT molecular complexity index is 769. The van der Waals surface area contributed by atoms with Crippen molar-refractivity contribution in [3.05, 3.63) is 52.4 Å². The van der Waals surface area contributed by atoms with Gasteiger partial charge in [0.2, 0.25) is 0 Å². The molecule has 0 radical (unpaired) electrons. The second-order valence-corrected chi connectivity index (χ2v) is 7.47. The van der Waals surface area contributed by atoms with Gasteiger partial charge in [-0.15, -0.1) is 0 Å². The van der Waals surface area contributed by atoms with Crippen LogP contribution in [0.4, 0.5) is 0 Å². The molecule has 27 heavy (non-hydrogen) atoms. The molecular weight excluding hydrogens is 364 g/mol. The van der Waals surface area contributed by atoms with E-state index in [1.807, 2.05) is 32.0 Å². The summed E-state index contributed by atoms with van der Waals surface area (Å²) >= 11 is 6.01. The number of carbonyl (C=O) groups is 1. The number of likely N-dealkylation sites (tertiary alicyclic amines) is 1. The molecule has 1 atom stereocenters. The molecule has 1 aliphatic rings. The van der Waals surface area contributed by atoms with Gasteiger partial charge in [-0.3, -0.25) is 9.69 Å². The van der Waals surface area contributed by atoms with Crippen molar-refractivity contribution in [3.63, 3.8) is 0 Å². The van der Waals surface area contributed by atoms with Crippen LogP contribution in [0.3, 0.4) is 0 Å². The Morgan fingerprint density at radius 1 is 1.22 bits per heavy atom. The minimum absolute atomic E-state index is 0.0228. The molecule has 1 aliphatic heterocycles. The molecule has 3 rings (SSSR count). The summed E-state index contributed by atoms with van der Waals surface area (Å²) in [5.74, 6) is 2.29. The van der Waals surface area contributed by atoms with Crippen molar-refractivity contribution in [2.75, 3.05) is 26.2 Å². The fraction of sp³-hybridized carbons (Fsp3) is 0.476. The van der Waals surface area contributed by atoms with Crippen molar-refractivity contribution in [3.8, 4) is 5.75 Å². The summed E-state index contributed by atoms with van der Waals surface area (Å²) in [7, 11) is 0. The van der Waals surface area contributed by atoms with E-state index in [4.69, 9.17) is 20.8 Å². The number of hydrogen-bond acceptors (Lipinski definition) is 4. The molecule has 0 saturated carbocycles. The number of nitrogens with zero attached hydrogens (tertiary/aromatic N) is 1. The Labute approximate surface area is 165 Å². The van der Waals surface area contributed by atoms with Crippen LogP contribution in [0.2, 0.25) is 5.02 Å². The van der Waals surface area contributed by atoms with Gasteiger partial charge in [-0.1, -0.05) is 18.0 Å². The Hall–Kier alpha value is -1.98. The molecule has 1 saturated heterocycles. The standard InChI is InChI=1S/C21H27ClN2O3/c1-15-12-17(7-8-18(15)22)26-14-21(25)23-13-19(20-9-6-16(2)27-20)24-10-4-3-5-11-24/h6-9,12,19H,3-5,10-11,13-14H2,1-2H3,(H,23,25)/t19-/m1/s1. The third kappa shape index (κ3) is 5.50. The van der Waals surface area contributed by atoms with E-state index in [9.17, 15) is 4.79 Å². The maximum absolute atomic E-state index is 12.3. The minimum Gasteiger partial charge on any atom is -0.484 e. The lowest BCUT2D eigenvalue weighted by atomic mass is 10.1. The number of halogens is 1. The van der Waals surface area contributed by atoms with Gasteiger partial charge in [-0.2, -0.15) is 0 Å². The molecular formula is C21H27ClN2O3. The van der Waals surface area contributed by atoms with Crippen molar-refractivity contribution in [1.29, 1.82) is 0 Å². The zero-order valence-electron chi connectivity index (χ0n) is 16.0. The van der Waals surface area contributed by atoms with Crippen LogP contribution < -0.4 is 10.1 Å². The number of furan rings is 1. The molecule has 5 nitrogen and oxygen atoms in total. The van der Waals surface area contributed by atoms with E-state index in [1.54, 1.807) is 12.1 Å². The molecule has 2 aromatic rings. The molecule has 0 spiro atoms. The first kappa shape index (κ1) is 19.8. The molecule has 146 valence electrons. The van der Waals surface area contributed by atoms with Crippen LogP contribution in [-0.2, 0) is 4.79 Å². The third-order valence-corrected chi connectivity index (χ3v) is 5.34. The Kier molecular flexibility index (Phi) is 6.80. The average molecular weight is 391 g/mol. The highest BCUT2D eigenvalue weighted by Crippen LogP contribution is 2.26. The molecule has 0 aliphatic carbocycles. The first-order valence-electron chi connectivity index (χ1n) is 9.49. The van der Waals surface area contributed by atoms with Crippen molar-refractivity contribution in [1.82, 2.24) is 10.2 Å². The Morgan fingerprint density at radius 3 is 2.67 bits per heavy atom. The van der Waals surface area contributed by atoms with Crippen molar-refractivity contribution >= 4 is 17.5 Å². The summed E-state index contributed by atoms with van der Waals surface area (Å²) in [5.41, 5.74) is 0.924. The Morgan fingerprint density at radius 2 is 2.00 bits per heavy atom. The zero-order valence-corrected chi connectivity index (χ0v) is 16.7. The maximum atomic E-state index is 12.3. The van der Waals surface area contributed by atoms with Gasteiger partial charge in [0.1, 0.15) is 17.3 Å². The fourth-order valence-electron chi connectivity index (χ4n) is 3.39. The summed E-state index contributed by atoms with van der Waals surface area (Å²) in [6, 6.07) is 9.41. The highest BCUT2D eigenvalue weighted by atomic mass is 35.5. The van der Waals surface area contributed by atoms with Gasteiger partial charge in [0, 0.05) is 11.6 Å². The number of carbonyl (C=O) groups excluding carboxylic acids is 1. The molecule has 0 unspecified atom stereocenters. The van der Waals surface area contributed by atoms with Crippen molar-refractivity contribution in [2.45, 2.75) is 39.2 Å². The summed E-state index contributed by atoms with van der Waals surface area (Å²) in [6.07, 6.45) is 3.63. The number of rotatable bonds is 7. The highest BCUT2D eigenvalue weighted by molar-refractivity contribution is 6.31. The van der Waals surface area contributed by atoms with E-state index in [-0.39, 0.29) is 18.6 Å². The molecule has 1 fully saturated rings. The monoisotopic (exact) mass is 390 g/mol. The van der Waals surface area contributed by atoms with E-state index in [2.05, 4.69) is 10.2 Å². The number of aryl methyl sites for hydroxylation is 2. The fourth-order valence-corrected chi connectivity index (χ4v) is 3.51. The second kappa shape index (κ2) is 9.29. The molecule has 1 aromatic heterocycles. The van der Waals surface area contributed by atoms with E-state index in [0.29, 0.717) is 17.3 Å². The highest BCUT2D eigenvalue weighted by Gasteiger charge is 2.25. The first-order valence-corrected chi connectivity index (χ1v) is 9.87. The quantitative estimate of drug-likeness (QED) is 0.766. The van der Waals surface area contributed by atoms with E-state index in [1.165, 1.54) is 19.3 Å². The van der Waals surface area contributed by atoms with Gasteiger partial charge in [0.15, 0.2) is 6.61 Å². The summed E-state index contributed by atoms with van der Waals surface area (Å²) in [6.45, 7) is 6.39. The largest absolute Gasteiger partial charge is 0.484 e. The molecule has 1 aromatic carbocycles. The van der Waals surface area contributed by atoms with Crippen molar-refractivity contribution in [2.24, 2.45) is 0 Å². The number of ether oxygens (including phenoxy) is 1. The van der Waals surface area contributed by atoms with Crippen LogP contribution in [-0.4, -0.2) is 37.0 Å². The number of amides is 1. The topological polar surface area (TPSA) is 54.7 Å². The molecule has 6 heteroatoms. The zero-order chi connectivity index (χ0) is 19.2. The molecule has 1 N–H and O–H groups in total. The van der Waals surface area contributed by atoms with Crippen LogP contribution in [0, 0.1) is 13.8 Å². The van der Waals surface area contributed by atoms with Gasteiger partial charge in [0.25, 0.3) is 5.91 Å². The lowest BCUT2D eigenvalue weighted by molar-refractivity contribution is -0.123. The van der Waals surface area contributed by atoms with Gasteiger partial charge in [-0.25, -0.2) is 0 Å². The number of benzene rings is 1. The predicted octanol–water partition coefficient (Wildman–Crippen LogP) is 4.27. The normalized spacial score (nSPS) is 16.1. The first-order chi connectivity index (χ1) is 13.0. The summed E-state index contributed by atoms with van der Waals surface area (Å²) in [5, 5.41) is 3.68. The smallest absolute Gasteiger partial charge is 0.258 e.